The third kappa shape index (κ3) is 6.74. The molecule has 5 rings (SSSR count). The maximum absolute atomic E-state index is 11.2. The summed E-state index contributed by atoms with van der Waals surface area (Å²) < 4.78 is 48.3. The van der Waals surface area contributed by atoms with E-state index >= 15 is 0 Å². The topological polar surface area (TPSA) is 114 Å². The van der Waals surface area contributed by atoms with Gasteiger partial charge in [-0.1, -0.05) is 60.7 Å². The molecule has 0 bridgehead atoms. The van der Waals surface area contributed by atoms with Gasteiger partial charge in [0.2, 0.25) is 0 Å². The van der Waals surface area contributed by atoms with Crippen molar-refractivity contribution in [1.82, 2.24) is 0 Å². The Morgan fingerprint density at radius 2 is 1.40 bits per heavy atom. The summed E-state index contributed by atoms with van der Waals surface area (Å²) in [5.41, 5.74) is 1.93. The Kier molecular flexibility index (Phi) is 9.53. The molecule has 3 fully saturated rings. The number of ether oxygens (including phenoxy) is 8. The molecule has 2 aromatic rings. The summed E-state index contributed by atoms with van der Waals surface area (Å²) in [4.78, 5) is 0. The van der Waals surface area contributed by atoms with Crippen LogP contribution in [0.1, 0.15) is 31.9 Å². The lowest BCUT2D eigenvalue weighted by molar-refractivity contribution is -0.349. The highest BCUT2D eigenvalue weighted by Gasteiger charge is 2.57. The Labute approximate surface area is 235 Å². The molecule has 0 saturated carbocycles. The van der Waals surface area contributed by atoms with Gasteiger partial charge in [0.05, 0.1) is 25.9 Å². The molecule has 0 spiro atoms. The highest BCUT2D eigenvalue weighted by atomic mass is 16.8. The zero-order chi connectivity index (χ0) is 28.3. The van der Waals surface area contributed by atoms with Crippen molar-refractivity contribution in [2.75, 3.05) is 13.7 Å². The second-order valence-corrected chi connectivity index (χ2v) is 10.9. The molecule has 2 aromatic carbocycles. The van der Waals surface area contributed by atoms with E-state index in [2.05, 4.69) is 0 Å². The number of benzene rings is 2. The van der Waals surface area contributed by atoms with E-state index in [9.17, 15) is 10.2 Å². The van der Waals surface area contributed by atoms with Crippen LogP contribution in [0.25, 0.3) is 0 Å². The minimum atomic E-state index is -1.40. The summed E-state index contributed by atoms with van der Waals surface area (Å²) in [5.74, 6) is -0.878. The van der Waals surface area contributed by atoms with E-state index in [1.165, 1.54) is 0 Å². The lowest BCUT2D eigenvalue weighted by Gasteiger charge is -2.46. The van der Waals surface area contributed by atoms with Gasteiger partial charge < -0.3 is 48.1 Å². The van der Waals surface area contributed by atoms with Gasteiger partial charge in [0.25, 0.3) is 0 Å². The molecule has 10 nitrogen and oxygen atoms in total. The van der Waals surface area contributed by atoms with Gasteiger partial charge in [-0.3, -0.25) is 0 Å². The molecule has 3 aliphatic rings. The van der Waals surface area contributed by atoms with Crippen molar-refractivity contribution in [3.63, 3.8) is 0 Å². The van der Waals surface area contributed by atoms with Crippen LogP contribution in [-0.2, 0) is 51.1 Å². The predicted octanol–water partition coefficient (Wildman–Crippen LogP) is 2.53. The number of hydrogen-bond acceptors (Lipinski definition) is 10. The summed E-state index contributed by atoms with van der Waals surface area (Å²) in [6, 6.07) is 19.4. The number of rotatable bonds is 10. The Morgan fingerprint density at radius 1 is 0.775 bits per heavy atom. The van der Waals surface area contributed by atoms with Crippen molar-refractivity contribution in [1.29, 1.82) is 0 Å². The van der Waals surface area contributed by atoms with Crippen LogP contribution >= 0.6 is 0 Å². The third-order valence-corrected chi connectivity index (χ3v) is 7.41. The molecule has 2 N–H and O–H groups in total. The van der Waals surface area contributed by atoms with E-state index in [0.717, 1.165) is 11.1 Å². The van der Waals surface area contributed by atoms with Gasteiger partial charge in [-0.15, -0.1) is 0 Å². The molecular weight excluding hydrogens is 520 g/mol. The second-order valence-electron chi connectivity index (χ2n) is 10.9. The van der Waals surface area contributed by atoms with Crippen molar-refractivity contribution < 1.29 is 48.1 Å². The minimum Gasteiger partial charge on any atom is -0.387 e. The van der Waals surface area contributed by atoms with Crippen molar-refractivity contribution in [3.8, 4) is 0 Å². The molecular formula is C30H40O10. The lowest BCUT2D eigenvalue weighted by Crippen LogP contribution is -2.63. The normalized spacial score (nSPS) is 37.2. The first-order chi connectivity index (χ1) is 19.3. The molecule has 10 atom stereocenters. The van der Waals surface area contributed by atoms with Crippen LogP contribution in [-0.4, -0.2) is 91.1 Å². The molecule has 10 heteroatoms. The molecule has 0 amide bonds. The number of aliphatic hydroxyl groups excluding tert-OH is 2. The Morgan fingerprint density at radius 3 is 2.05 bits per heavy atom. The van der Waals surface area contributed by atoms with Gasteiger partial charge in [0.1, 0.15) is 42.7 Å². The first kappa shape index (κ1) is 29.5. The van der Waals surface area contributed by atoms with E-state index in [1.807, 2.05) is 81.4 Å². The van der Waals surface area contributed by atoms with E-state index in [0.29, 0.717) is 6.61 Å². The smallest absolute Gasteiger partial charge is 0.187 e. The van der Waals surface area contributed by atoms with Crippen LogP contribution in [0.2, 0.25) is 0 Å². The first-order valence-electron chi connectivity index (χ1n) is 13.7. The molecule has 3 heterocycles. The van der Waals surface area contributed by atoms with E-state index < -0.39 is 67.2 Å². The van der Waals surface area contributed by atoms with Crippen LogP contribution in [0.3, 0.4) is 0 Å². The molecule has 0 unspecified atom stereocenters. The van der Waals surface area contributed by atoms with Crippen molar-refractivity contribution in [2.24, 2.45) is 0 Å². The fourth-order valence-electron chi connectivity index (χ4n) is 5.44. The van der Waals surface area contributed by atoms with Crippen molar-refractivity contribution >= 4 is 0 Å². The molecule has 40 heavy (non-hydrogen) atoms. The van der Waals surface area contributed by atoms with E-state index in [4.69, 9.17) is 37.9 Å². The fraction of sp³-hybridized carbons (Fsp3) is 0.600. The quantitative estimate of drug-likeness (QED) is 0.449. The zero-order valence-corrected chi connectivity index (χ0v) is 23.3. The number of fused-ring (bicyclic) bond motifs is 1. The van der Waals surface area contributed by atoms with Gasteiger partial charge in [-0.05, 0) is 31.9 Å². The predicted molar refractivity (Wildman–Crippen MR) is 142 cm³/mol. The average molecular weight is 561 g/mol. The number of aliphatic hydroxyl groups is 2. The van der Waals surface area contributed by atoms with E-state index in [1.54, 1.807) is 7.11 Å². The maximum Gasteiger partial charge on any atom is 0.187 e. The minimum absolute atomic E-state index is 0.110. The summed E-state index contributed by atoms with van der Waals surface area (Å²) in [6.07, 6.45) is -8.35. The molecule has 0 aliphatic carbocycles. The summed E-state index contributed by atoms with van der Waals surface area (Å²) in [5, 5.41) is 22.3. The lowest BCUT2D eigenvalue weighted by atomic mass is 9.97. The Bertz CT molecular complexity index is 1050. The van der Waals surface area contributed by atoms with Gasteiger partial charge in [0.15, 0.2) is 18.4 Å². The molecule has 3 saturated heterocycles. The summed E-state index contributed by atoms with van der Waals surface area (Å²) in [6.45, 7) is 6.15. The molecule has 3 aliphatic heterocycles. The van der Waals surface area contributed by atoms with Gasteiger partial charge in [0, 0.05) is 7.11 Å². The highest BCUT2D eigenvalue weighted by Crippen LogP contribution is 2.40. The van der Waals surface area contributed by atoms with Crippen molar-refractivity contribution in [3.05, 3.63) is 71.8 Å². The van der Waals surface area contributed by atoms with Crippen LogP contribution < -0.4 is 0 Å². The number of hydrogen-bond donors (Lipinski definition) is 2. The number of methoxy groups -OCH3 is 1. The SMILES string of the molecule is CO[C@@H]1O[C@@H](C)[C@H](O[C@H]2O[C@H](COCc3ccccc3)[C@@H](OCc3ccccc3)[C@H](O)[C@H]2O)[C@H]2OC(C)(C)O[C@@H]12. The second kappa shape index (κ2) is 12.9. The van der Waals surface area contributed by atoms with Gasteiger partial charge in [-0.2, -0.15) is 0 Å². The third-order valence-electron chi connectivity index (χ3n) is 7.41. The largest absolute Gasteiger partial charge is 0.387 e. The highest BCUT2D eigenvalue weighted by molar-refractivity contribution is 5.14. The molecule has 0 aromatic heterocycles. The first-order valence-corrected chi connectivity index (χ1v) is 13.7. The standard InChI is InChI=1S/C30H40O10/c1-18-24(26-27(29(33-4)36-18)40-30(2,3)39-26)38-28-23(32)22(31)25(35-16-20-13-9-6-10-14-20)21(37-28)17-34-15-19-11-7-5-8-12-19/h5-14,18,21-29,31-32H,15-17H2,1-4H3/t18-,21+,22+,23+,24-,25+,26+,27+,28+,29+/m0/s1. The van der Waals surface area contributed by atoms with Crippen molar-refractivity contribution in [2.45, 2.75) is 101 Å². The van der Waals surface area contributed by atoms with Crippen LogP contribution in [0.4, 0.5) is 0 Å². The Hall–Kier alpha value is -1.96. The van der Waals surface area contributed by atoms with Gasteiger partial charge in [-0.25, -0.2) is 0 Å². The average Bonchev–Trinajstić information content (AvgIpc) is 3.28. The maximum atomic E-state index is 11.2. The zero-order valence-electron chi connectivity index (χ0n) is 23.3. The Balaban J connectivity index is 1.30. The molecule has 0 radical (unpaired) electrons. The van der Waals surface area contributed by atoms with E-state index in [-0.39, 0.29) is 13.2 Å². The molecule has 220 valence electrons. The van der Waals surface area contributed by atoms with Crippen LogP contribution in [0.5, 0.6) is 0 Å². The monoisotopic (exact) mass is 560 g/mol. The van der Waals surface area contributed by atoms with Crippen LogP contribution in [0.15, 0.2) is 60.7 Å². The van der Waals surface area contributed by atoms with Gasteiger partial charge >= 0.3 is 0 Å². The summed E-state index contributed by atoms with van der Waals surface area (Å²) >= 11 is 0. The fourth-order valence-corrected chi connectivity index (χ4v) is 5.44. The van der Waals surface area contributed by atoms with Crippen LogP contribution in [0, 0.1) is 0 Å². The summed E-state index contributed by atoms with van der Waals surface area (Å²) in [7, 11) is 1.55.